The van der Waals surface area contributed by atoms with E-state index in [4.69, 9.17) is 0 Å². The molecule has 0 unspecified atom stereocenters. The number of hydrogen-bond acceptors (Lipinski definition) is 0. The molecule has 1 aromatic carbocycles. The maximum atomic E-state index is 12.6. The molecule has 0 fully saturated rings. The SMILES string of the molecule is Fc1cccc([B-](F)(F)F)c1Br. The summed E-state index contributed by atoms with van der Waals surface area (Å²) >= 11 is 2.54. The molecular weight excluding hydrogens is 239 g/mol. The largest absolute Gasteiger partial charge is 0.510 e. The summed E-state index contributed by atoms with van der Waals surface area (Å²) in [6.07, 6.45) is 0. The third-order valence-corrected chi connectivity index (χ3v) is 2.17. The minimum Gasteiger partial charge on any atom is -0.445 e. The Morgan fingerprint density at radius 1 is 1.17 bits per heavy atom. The second-order valence-corrected chi connectivity index (χ2v) is 3.01. The Kier molecular flexibility index (Phi) is 2.46. The normalized spacial score (nSPS) is 11.8. The number of benzene rings is 1. The first-order valence-electron chi connectivity index (χ1n) is 3.07. The number of rotatable bonds is 1. The molecule has 0 amide bonds. The van der Waals surface area contributed by atoms with Crippen molar-refractivity contribution in [2.45, 2.75) is 0 Å². The van der Waals surface area contributed by atoms with Gasteiger partial charge in [0, 0.05) is 4.47 Å². The van der Waals surface area contributed by atoms with Crippen LogP contribution in [-0.2, 0) is 0 Å². The monoisotopic (exact) mass is 241 g/mol. The smallest absolute Gasteiger partial charge is 0.445 e. The Hall–Kier alpha value is -0.515. The van der Waals surface area contributed by atoms with Crippen molar-refractivity contribution in [2.24, 2.45) is 0 Å². The summed E-state index contributed by atoms with van der Waals surface area (Å²) in [5.74, 6) is -0.897. The highest BCUT2D eigenvalue weighted by atomic mass is 79.9. The lowest BCUT2D eigenvalue weighted by molar-refractivity contribution is 0.499. The van der Waals surface area contributed by atoms with E-state index < -0.39 is 22.7 Å². The van der Waals surface area contributed by atoms with Crippen LogP contribution in [-0.4, -0.2) is 6.98 Å². The van der Waals surface area contributed by atoms with Crippen LogP contribution >= 0.6 is 15.9 Å². The molecule has 6 heteroatoms. The lowest BCUT2D eigenvalue weighted by Crippen LogP contribution is -2.35. The van der Waals surface area contributed by atoms with Crippen LogP contribution in [0, 0.1) is 5.82 Å². The molecule has 0 bridgehead atoms. The van der Waals surface area contributed by atoms with Crippen LogP contribution in [0.1, 0.15) is 0 Å². The molecule has 0 aliphatic heterocycles. The molecule has 0 aliphatic rings. The molecule has 0 radical (unpaired) electrons. The molecule has 0 saturated carbocycles. The van der Waals surface area contributed by atoms with Crippen molar-refractivity contribution in [3.63, 3.8) is 0 Å². The average Bonchev–Trinajstić information content (AvgIpc) is 1.92. The van der Waals surface area contributed by atoms with Gasteiger partial charge >= 0.3 is 6.98 Å². The van der Waals surface area contributed by atoms with Gasteiger partial charge in [-0.25, -0.2) is 4.39 Å². The van der Waals surface area contributed by atoms with Gasteiger partial charge in [-0.15, -0.1) is 0 Å². The number of hydrogen-bond donors (Lipinski definition) is 0. The maximum absolute atomic E-state index is 12.6. The van der Waals surface area contributed by atoms with Crippen LogP contribution in [0.25, 0.3) is 0 Å². The minimum atomic E-state index is -5.14. The molecule has 1 rings (SSSR count). The second kappa shape index (κ2) is 3.09. The Labute approximate surface area is 74.8 Å². The van der Waals surface area contributed by atoms with E-state index in [9.17, 15) is 17.3 Å². The van der Waals surface area contributed by atoms with Crippen molar-refractivity contribution in [2.75, 3.05) is 0 Å². The van der Waals surface area contributed by atoms with Gasteiger partial charge in [-0.2, -0.15) is 0 Å². The summed E-state index contributed by atoms with van der Waals surface area (Å²) in [4.78, 5) is 0. The second-order valence-electron chi connectivity index (χ2n) is 2.22. The molecule has 0 saturated heterocycles. The fourth-order valence-electron chi connectivity index (χ4n) is 0.773. The lowest BCUT2D eigenvalue weighted by atomic mass is 9.80. The van der Waals surface area contributed by atoms with Crippen molar-refractivity contribution < 1.29 is 17.3 Å². The first-order chi connectivity index (χ1) is 5.43. The third kappa shape index (κ3) is 1.80. The highest BCUT2D eigenvalue weighted by molar-refractivity contribution is 9.10. The highest BCUT2D eigenvalue weighted by Crippen LogP contribution is 2.18. The molecule has 0 spiro atoms. The maximum Gasteiger partial charge on any atom is 0.510 e. The molecule has 0 atom stereocenters. The lowest BCUT2D eigenvalue weighted by Gasteiger charge is -2.16. The van der Waals surface area contributed by atoms with Crippen LogP contribution in [0.5, 0.6) is 0 Å². The van der Waals surface area contributed by atoms with Crippen LogP contribution in [0.4, 0.5) is 17.3 Å². The standard InChI is InChI=1S/C6H3BBrF4/c8-6-4(7(10,11)12)2-1-3-5(6)9/h1-3H/q-1. The molecule has 0 heterocycles. The first kappa shape index (κ1) is 9.57. The summed E-state index contributed by atoms with van der Waals surface area (Å²) in [6.45, 7) is -5.14. The zero-order valence-corrected chi connectivity index (χ0v) is 7.29. The van der Waals surface area contributed by atoms with E-state index >= 15 is 0 Å². The Morgan fingerprint density at radius 3 is 2.17 bits per heavy atom. The van der Waals surface area contributed by atoms with Crippen molar-refractivity contribution in [3.8, 4) is 0 Å². The van der Waals surface area contributed by atoms with Gasteiger partial charge in [-0.1, -0.05) is 33.5 Å². The Balaban J connectivity index is 3.26. The van der Waals surface area contributed by atoms with E-state index in [-0.39, 0.29) is 0 Å². The zero-order valence-electron chi connectivity index (χ0n) is 5.70. The Bertz CT molecular complexity index is 296. The first-order valence-corrected chi connectivity index (χ1v) is 3.86. The average molecular weight is 242 g/mol. The molecular formula is C6H3BBrF4-. The fourth-order valence-corrected chi connectivity index (χ4v) is 1.30. The fraction of sp³-hybridized carbons (Fsp3) is 0. The third-order valence-electron chi connectivity index (χ3n) is 1.33. The van der Waals surface area contributed by atoms with E-state index in [1.54, 1.807) is 0 Å². The van der Waals surface area contributed by atoms with E-state index in [1.165, 1.54) is 0 Å². The van der Waals surface area contributed by atoms with Gasteiger partial charge in [0.15, 0.2) is 0 Å². The van der Waals surface area contributed by atoms with Crippen molar-refractivity contribution >= 4 is 28.4 Å². The van der Waals surface area contributed by atoms with Crippen molar-refractivity contribution in [1.82, 2.24) is 0 Å². The van der Waals surface area contributed by atoms with Crippen LogP contribution < -0.4 is 5.46 Å². The molecule has 0 aromatic heterocycles. The summed E-state index contributed by atoms with van der Waals surface area (Å²) in [5.41, 5.74) is -0.935. The van der Waals surface area contributed by atoms with Crippen molar-refractivity contribution in [3.05, 3.63) is 28.5 Å². The van der Waals surface area contributed by atoms with Gasteiger partial charge in [0.2, 0.25) is 0 Å². The van der Waals surface area contributed by atoms with Crippen LogP contribution in [0.15, 0.2) is 22.7 Å². The van der Waals surface area contributed by atoms with E-state index in [1.807, 2.05) is 0 Å². The molecule has 0 aliphatic carbocycles. The minimum absolute atomic E-state index is 0.516. The highest BCUT2D eigenvalue weighted by Gasteiger charge is 2.28. The zero-order chi connectivity index (χ0) is 9.35. The van der Waals surface area contributed by atoms with E-state index in [0.29, 0.717) is 0 Å². The van der Waals surface area contributed by atoms with Crippen LogP contribution in [0.2, 0.25) is 0 Å². The van der Waals surface area contributed by atoms with Gasteiger partial charge in [0.25, 0.3) is 0 Å². The van der Waals surface area contributed by atoms with Crippen molar-refractivity contribution in [1.29, 1.82) is 0 Å². The topological polar surface area (TPSA) is 0 Å². The summed E-state index contributed by atoms with van der Waals surface area (Å²) < 4.78 is 48.3. The van der Waals surface area contributed by atoms with E-state index in [0.717, 1.165) is 18.2 Å². The van der Waals surface area contributed by atoms with E-state index in [2.05, 4.69) is 15.9 Å². The molecule has 0 nitrogen and oxygen atoms in total. The Morgan fingerprint density at radius 2 is 1.75 bits per heavy atom. The summed E-state index contributed by atoms with van der Waals surface area (Å²) in [6, 6.07) is 2.84. The number of halogens is 5. The predicted octanol–water partition coefficient (Wildman–Crippen LogP) is 2.64. The molecule has 0 N–H and O–H groups in total. The van der Waals surface area contributed by atoms with Crippen LogP contribution in [0.3, 0.4) is 0 Å². The van der Waals surface area contributed by atoms with Gasteiger partial charge in [-0.3, -0.25) is 0 Å². The van der Waals surface area contributed by atoms with Gasteiger partial charge in [0.1, 0.15) is 5.82 Å². The summed E-state index contributed by atoms with van der Waals surface area (Å²) in [7, 11) is 0. The molecule has 12 heavy (non-hydrogen) atoms. The van der Waals surface area contributed by atoms with Gasteiger partial charge in [0.05, 0.1) is 0 Å². The quantitative estimate of drug-likeness (QED) is 0.524. The van der Waals surface area contributed by atoms with Gasteiger partial charge < -0.3 is 12.9 Å². The molecule has 66 valence electrons. The molecule has 1 aromatic rings. The predicted molar refractivity (Wildman–Crippen MR) is 42.8 cm³/mol. The summed E-state index contributed by atoms with van der Waals surface area (Å²) in [5, 5.41) is 0. The van der Waals surface area contributed by atoms with Gasteiger partial charge in [-0.05, 0) is 6.07 Å².